The van der Waals surface area contributed by atoms with Gasteiger partial charge in [-0.3, -0.25) is 28.4 Å². The number of hydrogen-bond donors (Lipinski definition) is 0. The number of halogens is 9. The molecule has 0 radical (unpaired) electrons. The minimum Gasteiger partial charge on any atom is -0.292 e. The third-order valence-electron chi connectivity index (χ3n) is 10.9. The number of hydrazone groups is 2. The third-order valence-corrected chi connectivity index (χ3v) is 14.2. The van der Waals surface area contributed by atoms with E-state index < -0.39 is 31.1 Å². The summed E-state index contributed by atoms with van der Waals surface area (Å²) in [6.45, 7) is 2.93. The maximum atomic E-state index is 13.0. The summed E-state index contributed by atoms with van der Waals surface area (Å²) in [5, 5.41) is 11.2. The first kappa shape index (κ1) is 56.8. The number of aryl methyl sites for hydroxylation is 4. The Morgan fingerprint density at radius 1 is 0.597 bits per heavy atom. The van der Waals surface area contributed by atoms with E-state index in [0.717, 1.165) is 11.1 Å². The van der Waals surface area contributed by atoms with Crippen LogP contribution in [-0.2, 0) is 45.7 Å². The Morgan fingerprint density at radius 3 is 1.24 bits per heavy atom. The summed E-state index contributed by atoms with van der Waals surface area (Å²) in [5.74, 6) is 0.605. The van der Waals surface area contributed by atoms with Crippen LogP contribution in [0.2, 0.25) is 10.0 Å². The fraction of sp³-hybridized carbons (Fsp3) is 0.349. The van der Waals surface area contributed by atoms with Crippen molar-refractivity contribution in [1.29, 1.82) is 0 Å². The maximum Gasteiger partial charge on any atom is 0.516 e. The number of Topliss-reactive ketones (excluding diaryl/α,β-unsaturated/α-hetero) is 2. The minimum atomic E-state index is -5.46. The highest BCUT2D eigenvalue weighted by Crippen LogP contribution is 2.30. The molecular weight excluding hydrogens is 1070 g/mol. The van der Waals surface area contributed by atoms with Crippen molar-refractivity contribution < 1.29 is 52.8 Å². The van der Waals surface area contributed by atoms with Crippen molar-refractivity contribution in [3.05, 3.63) is 117 Å². The van der Waals surface area contributed by atoms with Gasteiger partial charge in [0.2, 0.25) is 11.6 Å². The number of fused-ring (bicyclic) bond motifs is 2. The summed E-state index contributed by atoms with van der Waals surface area (Å²) in [5.41, 5.74) is -5.68. The van der Waals surface area contributed by atoms with E-state index in [2.05, 4.69) is 30.1 Å². The highest BCUT2D eigenvalue weighted by Gasteiger charge is 2.51. The summed E-state index contributed by atoms with van der Waals surface area (Å²) < 4.78 is 126. The fourth-order valence-electron chi connectivity index (χ4n) is 7.30. The van der Waals surface area contributed by atoms with Crippen molar-refractivity contribution in [2.45, 2.75) is 70.8 Å². The molecule has 2 aliphatic heterocycles. The first-order chi connectivity index (χ1) is 33.0. The van der Waals surface area contributed by atoms with Gasteiger partial charge in [-0.15, -0.1) is 12.4 Å². The van der Waals surface area contributed by atoms with Gasteiger partial charge in [0.05, 0.1) is 71.4 Å². The second kappa shape index (κ2) is 22.8. The van der Waals surface area contributed by atoms with Crippen LogP contribution in [0.3, 0.4) is 0 Å². The molecule has 0 fully saturated rings. The molecule has 0 unspecified atom stereocenters. The molecule has 6 heterocycles. The van der Waals surface area contributed by atoms with Crippen LogP contribution in [0.4, 0.5) is 37.7 Å². The predicted molar refractivity (Wildman–Crippen MR) is 262 cm³/mol. The van der Waals surface area contributed by atoms with Crippen LogP contribution in [0, 0.1) is 0 Å². The summed E-state index contributed by atoms with van der Waals surface area (Å²) in [6.07, 6.45) is 9.94. The lowest BCUT2D eigenvalue weighted by molar-refractivity contribution is -0.0477. The Bertz CT molecular complexity index is 3000. The molecule has 29 heteroatoms. The lowest BCUT2D eigenvalue weighted by Crippen LogP contribution is -2.46. The second-order valence-electron chi connectivity index (χ2n) is 15.4. The summed E-state index contributed by atoms with van der Waals surface area (Å²) in [7, 11) is -10.9. The van der Waals surface area contributed by atoms with Gasteiger partial charge in [0.1, 0.15) is 24.1 Å². The number of alkyl halides is 6. The average molecular weight is 1110 g/mol. The Hall–Kier alpha value is -6.09. The SMILES string of the molecule is C.CCc1nc2ncc(Cl)cn2c1C(=O)CCc1ccc(N2CCN(S(=O)(=O)C(F)(F)F)C=N2)cc1.CCc1nc2ncc(Cl)cn2c1C(=O)CCc1ccc(N2CCN(S(=O)(=O)C(F)(F)F)C=N2)cc1.Cl. The van der Waals surface area contributed by atoms with E-state index in [1.807, 2.05) is 13.8 Å². The van der Waals surface area contributed by atoms with Crippen LogP contribution in [0.5, 0.6) is 0 Å². The molecule has 4 aromatic heterocycles. The van der Waals surface area contributed by atoms with Crippen LogP contribution >= 0.6 is 35.6 Å². The van der Waals surface area contributed by atoms with Gasteiger partial charge in [0.25, 0.3) is 0 Å². The van der Waals surface area contributed by atoms with Crippen LogP contribution in [0.25, 0.3) is 11.6 Å². The van der Waals surface area contributed by atoms with Crippen molar-refractivity contribution >= 4 is 103 Å². The van der Waals surface area contributed by atoms with E-state index >= 15 is 0 Å². The van der Waals surface area contributed by atoms with Gasteiger partial charge in [-0.1, -0.05) is 68.7 Å². The topological polar surface area (TPSA) is 200 Å². The van der Waals surface area contributed by atoms with Gasteiger partial charge in [-0.05, 0) is 61.1 Å². The van der Waals surface area contributed by atoms with Crippen LogP contribution in [0.15, 0.2) is 83.5 Å². The Kier molecular flexibility index (Phi) is 18.0. The lowest BCUT2D eigenvalue weighted by Gasteiger charge is -2.29. The molecule has 2 aromatic carbocycles. The van der Waals surface area contributed by atoms with Crippen molar-refractivity contribution in [3.8, 4) is 0 Å². The number of carbonyl (C=O) groups excluding carboxylic acids is 2. The molecule has 0 N–H and O–H groups in total. The number of sulfonamides is 2. The molecule has 0 amide bonds. The van der Waals surface area contributed by atoms with Gasteiger partial charge < -0.3 is 0 Å². The molecule has 8 rings (SSSR count). The van der Waals surface area contributed by atoms with Crippen LogP contribution < -0.4 is 10.0 Å². The molecule has 0 aliphatic carbocycles. The Labute approximate surface area is 425 Å². The van der Waals surface area contributed by atoms with Gasteiger partial charge >= 0.3 is 31.1 Å². The quantitative estimate of drug-likeness (QED) is 0.0746. The number of rotatable bonds is 14. The maximum absolute atomic E-state index is 13.0. The highest BCUT2D eigenvalue weighted by atomic mass is 35.5. The monoisotopic (exact) mass is 1110 g/mol. The van der Waals surface area contributed by atoms with E-state index in [9.17, 15) is 52.8 Å². The molecule has 0 bridgehead atoms. The van der Waals surface area contributed by atoms with Gasteiger partial charge in [-0.25, -0.2) is 28.5 Å². The number of carbonyl (C=O) groups is 2. The van der Waals surface area contributed by atoms with Crippen molar-refractivity contribution in [2.24, 2.45) is 10.2 Å². The van der Waals surface area contributed by atoms with Crippen LogP contribution in [0.1, 0.15) is 77.6 Å². The summed E-state index contributed by atoms with van der Waals surface area (Å²) in [4.78, 5) is 43.1. The largest absolute Gasteiger partial charge is 0.516 e. The summed E-state index contributed by atoms with van der Waals surface area (Å²) in [6, 6.07) is 14.0. The number of hydrogen-bond acceptors (Lipinski definition) is 14. The van der Waals surface area contributed by atoms with E-state index in [1.165, 1.54) is 22.4 Å². The normalized spacial score (nSPS) is 14.2. The lowest BCUT2D eigenvalue weighted by atomic mass is 10.0. The standard InChI is InChI=1S/2C21H20ClF3N6O3S.CH4.ClH/c2*1-2-17-19(30-12-15(22)11-26-20(30)28-17)18(32)8-5-14-3-6-16(7-4-14)31-10-9-29(13-27-31)35(33,34)21(23,24)25;;/h2*3-4,6-7,11-13H,2,5,8-10H2,1H3;1H4;1H. The first-order valence-corrected chi connectivity index (χ1v) is 24.7. The molecular formula is C43H45Cl3F6N12O6S2. The zero-order chi connectivity index (χ0) is 50.8. The molecule has 0 saturated carbocycles. The van der Waals surface area contributed by atoms with E-state index in [4.69, 9.17) is 23.2 Å². The minimum absolute atomic E-state index is 0. The highest BCUT2D eigenvalue weighted by molar-refractivity contribution is 7.90. The van der Waals surface area contributed by atoms with Gasteiger partial charge in [-0.2, -0.15) is 53.4 Å². The van der Waals surface area contributed by atoms with Crippen molar-refractivity contribution in [3.63, 3.8) is 0 Å². The number of benzene rings is 2. The van der Waals surface area contributed by atoms with Gasteiger partial charge in [0, 0.05) is 25.2 Å². The second-order valence-corrected chi connectivity index (χ2v) is 20.1. The molecule has 6 aromatic rings. The van der Waals surface area contributed by atoms with Gasteiger partial charge in [0.15, 0.2) is 11.6 Å². The molecule has 18 nitrogen and oxygen atoms in total. The van der Waals surface area contributed by atoms with E-state index in [0.29, 0.717) is 94.1 Å². The fourth-order valence-corrected chi connectivity index (χ4v) is 9.10. The van der Waals surface area contributed by atoms with Crippen molar-refractivity contribution in [1.82, 2.24) is 37.3 Å². The number of ketones is 2. The number of aromatic nitrogens is 6. The van der Waals surface area contributed by atoms with Crippen LogP contribution in [-0.4, -0.2) is 116 Å². The molecule has 0 spiro atoms. The molecule has 72 heavy (non-hydrogen) atoms. The zero-order valence-corrected chi connectivity index (χ0v) is 41.2. The Morgan fingerprint density at radius 2 is 0.944 bits per heavy atom. The molecule has 0 atom stereocenters. The average Bonchev–Trinajstić information content (AvgIpc) is 3.90. The molecule has 0 saturated heterocycles. The number of anilines is 2. The Balaban J connectivity index is 0.000000260. The number of nitrogens with zero attached hydrogens (tertiary/aromatic N) is 12. The predicted octanol–water partition coefficient (Wildman–Crippen LogP) is 8.41. The third kappa shape index (κ3) is 12.2. The zero-order valence-electron chi connectivity index (χ0n) is 37.2. The summed E-state index contributed by atoms with van der Waals surface area (Å²) >= 11 is 12.1. The van der Waals surface area contributed by atoms with E-state index in [-0.39, 0.29) is 79.0 Å². The molecule has 2 aliphatic rings. The van der Waals surface area contributed by atoms with E-state index in [1.54, 1.807) is 69.7 Å². The number of imidazole rings is 2. The van der Waals surface area contributed by atoms with Crippen molar-refractivity contribution in [2.75, 3.05) is 36.2 Å². The smallest absolute Gasteiger partial charge is 0.292 e. The first-order valence-electron chi connectivity index (χ1n) is 21.1. The molecule has 388 valence electrons.